The number of hydrogen-bond donors (Lipinski definition) is 1. The molecule has 15 heavy (non-hydrogen) atoms. The highest BCUT2D eigenvalue weighted by molar-refractivity contribution is 4.99. The van der Waals surface area contributed by atoms with Crippen molar-refractivity contribution in [3.8, 4) is 0 Å². The zero-order valence-electron chi connectivity index (χ0n) is 11.5. The van der Waals surface area contributed by atoms with E-state index in [9.17, 15) is 0 Å². The number of hydrogen-bond acceptors (Lipinski definition) is 1. The lowest BCUT2D eigenvalue weighted by Crippen LogP contribution is -2.36. The van der Waals surface area contributed by atoms with E-state index in [4.69, 9.17) is 0 Å². The van der Waals surface area contributed by atoms with Gasteiger partial charge in [-0.15, -0.1) is 0 Å². The molecule has 1 unspecified atom stereocenters. The maximum absolute atomic E-state index is 3.50. The first-order valence-electron chi connectivity index (χ1n) is 6.25. The predicted octanol–water partition coefficient (Wildman–Crippen LogP) is 4.15. The highest BCUT2D eigenvalue weighted by Crippen LogP contribution is 2.14. The van der Waals surface area contributed by atoms with Crippen molar-refractivity contribution in [3.05, 3.63) is 11.6 Å². The Kier molecular flexibility index (Phi) is 6.91. The summed E-state index contributed by atoms with van der Waals surface area (Å²) in [4.78, 5) is 0. The second-order valence-corrected chi connectivity index (χ2v) is 5.73. The summed E-state index contributed by atoms with van der Waals surface area (Å²) in [6.45, 7) is 14.6. The minimum atomic E-state index is 0.248. The molecule has 0 rings (SSSR count). The number of allylic oxidation sites excluding steroid dienone is 1. The fourth-order valence-electron chi connectivity index (χ4n) is 1.54. The van der Waals surface area contributed by atoms with Gasteiger partial charge in [-0.2, -0.15) is 0 Å². The van der Waals surface area contributed by atoms with Crippen LogP contribution in [0.15, 0.2) is 11.6 Å². The largest absolute Gasteiger partial charge is 0.312 e. The van der Waals surface area contributed by atoms with E-state index >= 15 is 0 Å². The molecule has 0 aliphatic carbocycles. The fourth-order valence-corrected chi connectivity index (χ4v) is 1.54. The van der Waals surface area contributed by atoms with E-state index in [1.165, 1.54) is 12.8 Å². The summed E-state index contributed by atoms with van der Waals surface area (Å²) in [6, 6.07) is 0. The van der Waals surface area contributed by atoms with Crippen LogP contribution in [0.4, 0.5) is 0 Å². The molecule has 0 aromatic carbocycles. The van der Waals surface area contributed by atoms with Gasteiger partial charge in [0.25, 0.3) is 0 Å². The lowest BCUT2D eigenvalue weighted by Gasteiger charge is -2.20. The van der Waals surface area contributed by atoms with Crippen LogP contribution in [-0.2, 0) is 0 Å². The maximum Gasteiger partial charge on any atom is 0.00966 e. The number of nitrogens with one attached hydrogen (secondary N) is 1. The van der Waals surface area contributed by atoms with Crippen LogP contribution >= 0.6 is 0 Å². The van der Waals surface area contributed by atoms with E-state index in [0.717, 1.165) is 18.9 Å². The topological polar surface area (TPSA) is 12.0 Å². The minimum absolute atomic E-state index is 0.248. The Morgan fingerprint density at radius 1 is 1.33 bits per heavy atom. The second kappa shape index (κ2) is 7.05. The third kappa shape index (κ3) is 9.99. The molecule has 1 atom stereocenters. The summed E-state index contributed by atoms with van der Waals surface area (Å²) in [6.07, 6.45) is 6.07. The molecule has 1 nitrogen and oxygen atoms in total. The fraction of sp³-hybridized carbons (Fsp3) is 0.857. The Morgan fingerprint density at radius 3 is 2.40 bits per heavy atom. The lowest BCUT2D eigenvalue weighted by atomic mass is 9.99. The molecule has 0 saturated heterocycles. The molecular formula is C14H29N. The predicted molar refractivity (Wildman–Crippen MR) is 70.2 cm³/mol. The van der Waals surface area contributed by atoms with Gasteiger partial charge >= 0.3 is 0 Å². The molecule has 90 valence electrons. The zero-order chi connectivity index (χ0) is 11.9. The third-order valence-corrected chi connectivity index (χ3v) is 2.66. The summed E-state index contributed by atoms with van der Waals surface area (Å²) < 4.78 is 0. The van der Waals surface area contributed by atoms with Gasteiger partial charge in [0, 0.05) is 5.54 Å². The van der Waals surface area contributed by atoms with Crippen LogP contribution in [0.5, 0.6) is 0 Å². The van der Waals surface area contributed by atoms with Crippen molar-refractivity contribution in [1.82, 2.24) is 5.32 Å². The van der Waals surface area contributed by atoms with Gasteiger partial charge in [0.1, 0.15) is 0 Å². The van der Waals surface area contributed by atoms with Gasteiger partial charge in [-0.25, -0.2) is 0 Å². The van der Waals surface area contributed by atoms with Crippen molar-refractivity contribution in [2.24, 2.45) is 5.92 Å². The average Bonchev–Trinajstić information content (AvgIpc) is 2.11. The minimum Gasteiger partial charge on any atom is -0.312 e. The Morgan fingerprint density at radius 2 is 1.93 bits per heavy atom. The Balaban J connectivity index is 3.68. The van der Waals surface area contributed by atoms with Crippen LogP contribution in [0.2, 0.25) is 0 Å². The first kappa shape index (κ1) is 14.7. The molecule has 0 bridgehead atoms. The van der Waals surface area contributed by atoms with Gasteiger partial charge in [0.05, 0.1) is 0 Å². The van der Waals surface area contributed by atoms with Crippen molar-refractivity contribution < 1.29 is 0 Å². The van der Waals surface area contributed by atoms with Gasteiger partial charge in [0.2, 0.25) is 0 Å². The van der Waals surface area contributed by atoms with Crippen molar-refractivity contribution in [3.63, 3.8) is 0 Å². The maximum atomic E-state index is 3.50. The molecule has 0 fully saturated rings. The third-order valence-electron chi connectivity index (χ3n) is 2.66. The Labute approximate surface area is 96.3 Å². The quantitative estimate of drug-likeness (QED) is 0.514. The highest BCUT2D eigenvalue weighted by Gasteiger charge is 2.06. The first-order valence-corrected chi connectivity index (χ1v) is 6.25. The van der Waals surface area contributed by atoms with Gasteiger partial charge in [-0.05, 0) is 53.0 Å². The van der Waals surface area contributed by atoms with Crippen LogP contribution in [0, 0.1) is 5.92 Å². The standard InChI is InChI=1S/C14H29N/c1-7-12(2)11-13(3)9-8-10-15-14(4,5)6/h9,12,15H,7-8,10-11H2,1-6H3. The van der Waals surface area contributed by atoms with Crippen LogP contribution in [0.3, 0.4) is 0 Å². The van der Waals surface area contributed by atoms with Crippen molar-refractivity contribution in [2.45, 2.75) is 66.3 Å². The normalized spacial score (nSPS) is 15.5. The molecule has 0 aliphatic heterocycles. The zero-order valence-corrected chi connectivity index (χ0v) is 11.5. The van der Waals surface area contributed by atoms with Crippen molar-refractivity contribution in [1.29, 1.82) is 0 Å². The highest BCUT2D eigenvalue weighted by atomic mass is 14.9. The Bertz CT molecular complexity index is 186. The molecule has 0 aromatic heterocycles. The Hall–Kier alpha value is -0.300. The summed E-state index contributed by atoms with van der Waals surface area (Å²) >= 11 is 0. The van der Waals surface area contributed by atoms with E-state index < -0.39 is 0 Å². The SMILES string of the molecule is CCC(C)CC(C)=CCCNC(C)(C)C. The van der Waals surface area contributed by atoms with E-state index in [0.29, 0.717) is 0 Å². The van der Waals surface area contributed by atoms with Gasteiger partial charge < -0.3 is 5.32 Å². The van der Waals surface area contributed by atoms with Crippen molar-refractivity contribution in [2.75, 3.05) is 6.54 Å². The van der Waals surface area contributed by atoms with Crippen LogP contribution < -0.4 is 5.32 Å². The molecule has 0 aliphatic rings. The lowest BCUT2D eigenvalue weighted by molar-refractivity contribution is 0.431. The van der Waals surface area contributed by atoms with E-state index in [1.807, 2.05) is 0 Å². The van der Waals surface area contributed by atoms with Crippen LogP contribution in [0.1, 0.15) is 60.8 Å². The smallest absolute Gasteiger partial charge is 0.00966 e. The van der Waals surface area contributed by atoms with Crippen LogP contribution in [-0.4, -0.2) is 12.1 Å². The van der Waals surface area contributed by atoms with E-state index in [1.54, 1.807) is 5.57 Å². The molecular weight excluding hydrogens is 182 g/mol. The van der Waals surface area contributed by atoms with Gasteiger partial charge in [-0.3, -0.25) is 0 Å². The van der Waals surface area contributed by atoms with Gasteiger partial charge in [0.15, 0.2) is 0 Å². The van der Waals surface area contributed by atoms with E-state index in [2.05, 4.69) is 52.9 Å². The molecule has 1 heteroatoms. The van der Waals surface area contributed by atoms with E-state index in [-0.39, 0.29) is 5.54 Å². The molecule has 0 amide bonds. The first-order chi connectivity index (χ1) is 6.85. The summed E-state index contributed by atoms with van der Waals surface area (Å²) in [5, 5.41) is 3.50. The molecule has 0 aromatic rings. The molecule has 0 spiro atoms. The van der Waals surface area contributed by atoms with Gasteiger partial charge in [-0.1, -0.05) is 31.9 Å². The van der Waals surface area contributed by atoms with Crippen molar-refractivity contribution >= 4 is 0 Å². The summed E-state index contributed by atoms with van der Waals surface area (Å²) in [5.74, 6) is 0.830. The molecule has 0 saturated carbocycles. The second-order valence-electron chi connectivity index (χ2n) is 5.73. The molecule has 1 N–H and O–H groups in total. The molecule has 0 heterocycles. The summed E-state index contributed by atoms with van der Waals surface area (Å²) in [5.41, 5.74) is 1.79. The van der Waals surface area contributed by atoms with Crippen LogP contribution in [0.25, 0.3) is 0 Å². The monoisotopic (exact) mass is 211 g/mol. The average molecular weight is 211 g/mol. The number of rotatable bonds is 6. The summed E-state index contributed by atoms with van der Waals surface area (Å²) in [7, 11) is 0. The molecule has 0 radical (unpaired) electrons.